The van der Waals surface area contributed by atoms with Crippen LogP contribution in [0.4, 0.5) is 0 Å². The fraction of sp³-hybridized carbons (Fsp3) is 0.217. The number of nitrogens with zero attached hydrogens (tertiary/aromatic N) is 3. The number of carbonyl (C=O) groups excluding carboxylic acids is 1. The summed E-state index contributed by atoms with van der Waals surface area (Å²) < 4.78 is 1.56. The summed E-state index contributed by atoms with van der Waals surface area (Å²) in [6.45, 7) is 6.06. The lowest BCUT2D eigenvalue weighted by atomic mass is 10.0. The minimum atomic E-state index is -0.310. The number of thioether (sulfide) groups is 1. The first-order valence-electron chi connectivity index (χ1n) is 10.0. The number of amides is 1. The van der Waals surface area contributed by atoms with Gasteiger partial charge in [0, 0.05) is 5.02 Å². The van der Waals surface area contributed by atoms with E-state index in [-0.39, 0.29) is 23.3 Å². The molecule has 2 aromatic heterocycles. The molecular formula is C23H22ClN5O2S. The fourth-order valence-electron chi connectivity index (χ4n) is 3.30. The first-order chi connectivity index (χ1) is 15.3. The lowest BCUT2D eigenvalue weighted by molar-refractivity contribution is -0.119. The molecular weight excluding hydrogens is 446 g/mol. The van der Waals surface area contributed by atoms with Crippen LogP contribution in [0.15, 0.2) is 58.6 Å². The first kappa shape index (κ1) is 22.1. The van der Waals surface area contributed by atoms with Crippen LogP contribution in [0.3, 0.4) is 0 Å². The standard InChI is InChI=1S/C23H22ClN5O2S/c1-13-7-8-16(9-14(13)2)15(3)26-20(30)12-32-23-27-21-19(22(31)28-23)11-25-29(21)18-6-4-5-17(24)10-18/h4-11,15H,12H2,1-3H3,(H,26,30)(H,27,28,31). The van der Waals surface area contributed by atoms with Crippen LogP contribution in [-0.2, 0) is 4.79 Å². The largest absolute Gasteiger partial charge is 0.349 e. The smallest absolute Gasteiger partial charge is 0.262 e. The van der Waals surface area contributed by atoms with Crippen molar-refractivity contribution in [1.82, 2.24) is 25.1 Å². The zero-order valence-electron chi connectivity index (χ0n) is 17.8. The van der Waals surface area contributed by atoms with E-state index in [0.29, 0.717) is 26.9 Å². The molecule has 32 heavy (non-hydrogen) atoms. The molecule has 7 nitrogen and oxygen atoms in total. The van der Waals surface area contributed by atoms with Crippen molar-refractivity contribution in [2.75, 3.05) is 5.75 Å². The topological polar surface area (TPSA) is 92.7 Å². The SMILES string of the molecule is Cc1ccc(C(C)NC(=O)CSc2nc3c(cnn3-c3cccc(Cl)c3)c(=O)[nH]2)cc1C. The van der Waals surface area contributed by atoms with E-state index in [1.165, 1.54) is 17.3 Å². The highest BCUT2D eigenvalue weighted by molar-refractivity contribution is 7.99. The van der Waals surface area contributed by atoms with Crippen LogP contribution in [0, 0.1) is 13.8 Å². The summed E-state index contributed by atoms with van der Waals surface area (Å²) in [6.07, 6.45) is 1.47. The molecule has 0 bridgehead atoms. The molecule has 0 fully saturated rings. The molecule has 1 amide bonds. The highest BCUT2D eigenvalue weighted by Crippen LogP contribution is 2.21. The van der Waals surface area contributed by atoms with Crippen LogP contribution in [0.25, 0.3) is 16.7 Å². The number of aromatic amines is 1. The lowest BCUT2D eigenvalue weighted by Crippen LogP contribution is -2.28. The van der Waals surface area contributed by atoms with Crippen LogP contribution >= 0.6 is 23.4 Å². The summed E-state index contributed by atoms with van der Waals surface area (Å²) in [4.78, 5) is 32.2. The second-order valence-electron chi connectivity index (χ2n) is 7.57. The normalized spacial score (nSPS) is 12.1. The number of hydrogen-bond acceptors (Lipinski definition) is 5. The Morgan fingerprint density at radius 2 is 2.03 bits per heavy atom. The second kappa shape index (κ2) is 9.18. The van der Waals surface area contributed by atoms with Crippen LogP contribution < -0.4 is 10.9 Å². The van der Waals surface area contributed by atoms with Gasteiger partial charge in [-0.25, -0.2) is 9.67 Å². The van der Waals surface area contributed by atoms with E-state index in [4.69, 9.17) is 11.6 Å². The van der Waals surface area contributed by atoms with Gasteiger partial charge in [0.1, 0.15) is 5.39 Å². The minimum Gasteiger partial charge on any atom is -0.349 e. The second-order valence-corrected chi connectivity index (χ2v) is 8.97. The van der Waals surface area contributed by atoms with Crippen LogP contribution in [0.1, 0.15) is 29.7 Å². The van der Waals surface area contributed by atoms with Gasteiger partial charge in [-0.3, -0.25) is 9.59 Å². The molecule has 0 saturated carbocycles. The average molecular weight is 468 g/mol. The molecule has 2 N–H and O–H groups in total. The fourth-order valence-corrected chi connectivity index (χ4v) is 4.15. The molecule has 1 atom stereocenters. The Morgan fingerprint density at radius 1 is 1.22 bits per heavy atom. The highest BCUT2D eigenvalue weighted by atomic mass is 35.5. The molecule has 0 spiro atoms. The maximum atomic E-state index is 12.5. The van der Waals surface area contributed by atoms with Crippen molar-refractivity contribution in [2.45, 2.75) is 32.0 Å². The summed E-state index contributed by atoms with van der Waals surface area (Å²) >= 11 is 7.25. The number of fused-ring (bicyclic) bond motifs is 1. The number of aromatic nitrogens is 4. The van der Waals surface area contributed by atoms with Crippen molar-refractivity contribution in [3.05, 3.63) is 80.7 Å². The van der Waals surface area contributed by atoms with E-state index in [1.54, 1.807) is 22.9 Å². The van der Waals surface area contributed by atoms with Gasteiger partial charge in [0.2, 0.25) is 5.91 Å². The molecule has 2 heterocycles. The van der Waals surface area contributed by atoms with E-state index in [1.807, 2.05) is 19.1 Å². The van der Waals surface area contributed by atoms with Crippen molar-refractivity contribution in [3.8, 4) is 5.69 Å². The molecule has 164 valence electrons. The number of rotatable bonds is 6. The Morgan fingerprint density at radius 3 is 2.78 bits per heavy atom. The number of benzene rings is 2. The van der Waals surface area contributed by atoms with Crippen LogP contribution in [0.5, 0.6) is 0 Å². The molecule has 4 rings (SSSR count). The summed E-state index contributed by atoms with van der Waals surface area (Å²) in [7, 11) is 0. The van der Waals surface area contributed by atoms with Gasteiger partial charge in [-0.1, -0.05) is 47.6 Å². The van der Waals surface area contributed by atoms with Gasteiger partial charge in [0.05, 0.1) is 23.7 Å². The third kappa shape index (κ3) is 4.71. The minimum absolute atomic E-state index is 0.120. The predicted octanol–water partition coefficient (Wildman–Crippen LogP) is 4.35. The Bertz CT molecular complexity index is 1360. The number of aryl methyl sites for hydroxylation is 2. The van der Waals surface area contributed by atoms with Crippen molar-refractivity contribution in [1.29, 1.82) is 0 Å². The molecule has 0 radical (unpaired) electrons. The molecule has 0 aliphatic carbocycles. The molecule has 0 aliphatic rings. The maximum absolute atomic E-state index is 12.5. The van der Waals surface area contributed by atoms with E-state index < -0.39 is 0 Å². The van der Waals surface area contributed by atoms with Gasteiger partial charge >= 0.3 is 0 Å². The summed E-state index contributed by atoms with van der Waals surface area (Å²) in [5, 5.41) is 8.53. The third-order valence-corrected chi connectivity index (χ3v) is 6.33. The van der Waals surface area contributed by atoms with Crippen molar-refractivity contribution in [3.63, 3.8) is 0 Å². The maximum Gasteiger partial charge on any atom is 0.262 e. The van der Waals surface area contributed by atoms with E-state index in [9.17, 15) is 9.59 Å². The van der Waals surface area contributed by atoms with Crippen molar-refractivity contribution < 1.29 is 4.79 Å². The van der Waals surface area contributed by atoms with Gasteiger partial charge in [0.15, 0.2) is 10.8 Å². The number of H-pyrrole nitrogens is 1. The Balaban J connectivity index is 1.49. The molecule has 0 aliphatic heterocycles. The van der Waals surface area contributed by atoms with E-state index in [0.717, 1.165) is 17.3 Å². The van der Waals surface area contributed by atoms with Gasteiger partial charge in [-0.05, 0) is 55.7 Å². The van der Waals surface area contributed by atoms with Crippen molar-refractivity contribution in [2.24, 2.45) is 0 Å². The van der Waals surface area contributed by atoms with Crippen molar-refractivity contribution >= 4 is 40.3 Å². The van der Waals surface area contributed by atoms with Gasteiger partial charge < -0.3 is 10.3 Å². The number of nitrogens with one attached hydrogen (secondary N) is 2. The monoisotopic (exact) mass is 467 g/mol. The Kier molecular flexibility index (Phi) is 6.34. The third-order valence-electron chi connectivity index (χ3n) is 5.22. The average Bonchev–Trinajstić information content (AvgIpc) is 3.19. The molecule has 0 saturated heterocycles. The number of carbonyl (C=O) groups is 1. The lowest BCUT2D eigenvalue weighted by Gasteiger charge is -2.15. The zero-order chi connectivity index (χ0) is 22.8. The Labute approximate surface area is 194 Å². The Hall–Kier alpha value is -3.10. The molecule has 2 aromatic carbocycles. The number of halogens is 1. The first-order valence-corrected chi connectivity index (χ1v) is 11.4. The highest BCUT2D eigenvalue weighted by Gasteiger charge is 2.15. The molecule has 1 unspecified atom stereocenters. The summed E-state index contributed by atoms with van der Waals surface area (Å²) in [5.41, 5.74) is 4.23. The van der Waals surface area contributed by atoms with Crippen LogP contribution in [-0.4, -0.2) is 31.4 Å². The van der Waals surface area contributed by atoms with Crippen LogP contribution in [0.2, 0.25) is 5.02 Å². The van der Waals surface area contributed by atoms with Gasteiger partial charge in [0.25, 0.3) is 5.56 Å². The van der Waals surface area contributed by atoms with E-state index >= 15 is 0 Å². The zero-order valence-corrected chi connectivity index (χ0v) is 19.4. The molecule has 9 heteroatoms. The molecule has 4 aromatic rings. The predicted molar refractivity (Wildman–Crippen MR) is 128 cm³/mol. The van der Waals surface area contributed by atoms with Gasteiger partial charge in [-0.15, -0.1) is 0 Å². The number of hydrogen-bond donors (Lipinski definition) is 2. The quantitative estimate of drug-likeness (QED) is 0.325. The van der Waals surface area contributed by atoms with E-state index in [2.05, 4.69) is 46.4 Å². The summed E-state index contributed by atoms with van der Waals surface area (Å²) in [5.74, 6) is -0.0265. The van der Waals surface area contributed by atoms with Gasteiger partial charge in [-0.2, -0.15) is 5.10 Å². The summed E-state index contributed by atoms with van der Waals surface area (Å²) in [6, 6.07) is 13.2.